The highest BCUT2D eigenvalue weighted by Crippen LogP contribution is 2.04. The number of carbonyl (C=O) groups is 2. The molecule has 0 aliphatic carbocycles. The van der Waals surface area contributed by atoms with Crippen molar-refractivity contribution in [3.63, 3.8) is 0 Å². The zero-order valence-corrected chi connectivity index (χ0v) is 13.4. The van der Waals surface area contributed by atoms with Crippen LogP contribution in [-0.4, -0.2) is 24.9 Å². The number of rotatable bonds is 8. The Bertz CT molecular complexity index is 674. The molecule has 0 aliphatic rings. The minimum absolute atomic E-state index is 0.0546. The molecule has 0 aromatic heterocycles. The van der Waals surface area contributed by atoms with E-state index in [1.54, 1.807) is 12.1 Å². The van der Waals surface area contributed by atoms with Gasteiger partial charge in [0.2, 0.25) is 11.8 Å². The highest BCUT2D eigenvalue weighted by molar-refractivity contribution is 5.85. The summed E-state index contributed by atoms with van der Waals surface area (Å²) in [5.74, 6) is -0.910. The van der Waals surface area contributed by atoms with E-state index in [1.807, 2.05) is 18.2 Å². The van der Waals surface area contributed by atoms with Gasteiger partial charge in [0, 0.05) is 6.54 Å². The minimum atomic E-state index is -0.378. The Morgan fingerprint density at radius 1 is 0.875 bits per heavy atom. The first-order valence-electron chi connectivity index (χ1n) is 7.95. The molecule has 126 valence electrons. The van der Waals surface area contributed by atoms with Crippen LogP contribution in [0.25, 0.3) is 0 Å². The van der Waals surface area contributed by atoms with Gasteiger partial charge >= 0.3 is 0 Å². The van der Waals surface area contributed by atoms with Crippen molar-refractivity contribution in [2.45, 2.75) is 19.3 Å². The molecule has 24 heavy (non-hydrogen) atoms. The molecule has 4 nitrogen and oxygen atoms in total. The van der Waals surface area contributed by atoms with Crippen LogP contribution < -0.4 is 10.6 Å². The fourth-order valence-corrected chi connectivity index (χ4v) is 2.30. The number of aryl methyl sites for hydroxylation is 1. The fourth-order valence-electron chi connectivity index (χ4n) is 2.30. The number of hydrogen-bond acceptors (Lipinski definition) is 2. The van der Waals surface area contributed by atoms with Crippen molar-refractivity contribution in [1.82, 2.24) is 10.6 Å². The van der Waals surface area contributed by atoms with Crippen molar-refractivity contribution in [3.8, 4) is 0 Å². The molecule has 2 aromatic carbocycles. The Balaban J connectivity index is 1.59. The average Bonchev–Trinajstić information content (AvgIpc) is 2.58. The van der Waals surface area contributed by atoms with Gasteiger partial charge < -0.3 is 10.6 Å². The van der Waals surface area contributed by atoms with Gasteiger partial charge in [0.1, 0.15) is 5.82 Å². The van der Waals surface area contributed by atoms with Crippen LogP contribution in [0.15, 0.2) is 54.6 Å². The summed E-state index contributed by atoms with van der Waals surface area (Å²) in [7, 11) is 0. The zero-order valence-electron chi connectivity index (χ0n) is 13.4. The summed E-state index contributed by atoms with van der Waals surface area (Å²) in [4.78, 5) is 23.4. The molecule has 0 spiro atoms. The van der Waals surface area contributed by atoms with E-state index in [9.17, 15) is 14.0 Å². The van der Waals surface area contributed by atoms with Crippen LogP contribution in [0.4, 0.5) is 4.39 Å². The maximum Gasteiger partial charge on any atom is 0.239 e. The van der Waals surface area contributed by atoms with E-state index in [1.165, 1.54) is 17.7 Å². The molecular weight excluding hydrogens is 307 g/mol. The number of carbonyl (C=O) groups excluding carboxylic acids is 2. The van der Waals surface area contributed by atoms with Crippen molar-refractivity contribution in [2.24, 2.45) is 0 Å². The molecule has 0 radical (unpaired) electrons. The van der Waals surface area contributed by atoms with Gasteiger partial charge in [-0.1, -0.05) is 42.5 Å². The second-order valence-electron chi connectivity index (χ2n) is 5.52. The lowest BCUT2D eigenvalue weighted by atomic mass is 10.1. The van der Waals surface area contributed by atoms with E-state index in [4.69, 9.17) is 0 Å². The van der Waals surface area contributed by atoms with E-state index in [-0.39, 0.29) is 30.6 Å². The third-order valence-corrected chi connectivity index (χ3v) is 3.51. The maximum absolute atomic E-state index is 13.0. The molecule has 2 N–H and O–H groups in total. The third-order valence-electron chi connectivity index (χ3n) is 3.51. The van der Waals surface area contributed by atoms with Crippen LogP contribution in [0.2, 0.25) is 0 Å². The summed E-state index contributed by atoms with van der Waals surface area (Å²) in [5, 5.41) is 5.30. The normalized spacial score (nSPS) is 10.2. The molecule has 0 heterocycles. The van der Waals surface area contributed by atoms with Gasteiger partial charge in [-0.3, -0.25) is 9.59 Å². The van der Waals surface area contributed by atoms with Crippen LogP contribution in [0.5, 0.6) is 0 Å². The summed E-state index contributed by atoms with van der Waals surface area (Å²) in [6.45, 7) is 0.493. The molecule has 5 heteroatoms. The summed E-state index contributed by atoms with van der Waals surface area (Å²) >= 11 is 0. The number of hydrogen-bond donors (Lipinski definition) is 2. The topological polar surface area (TPSA) is 58.2 Å². The van der Waals surface area contributed by atoms with E-state index in [0.29, 0.717) is 12.1 Å². The predicted molar refractivity (Wildman–Crippen MR) is 90.9 cm³/mol. The van der Waals surface area contributed by atoms with Crippen LogP contribution in [0.1, 0.15) is 17.5 Å². The first-order chi connectivity index (χ1) is 11.6. The summed E-state index contributed by atoms with van der Waals surface area (Å²) in [6.07, 6.45) is 1.79. The van der Waals surface area contributed by atoms with Crippen LogP contribution in [-0.2, 0) is 22.4 Å². The monoisotopic (exact) mass is 328 g/mol. The highest BCUT2D eigenvalue weighted by Gasteiger charge is 2.07. The number of halogens is 1. The lowest BCUT2D eigenvalue weighted by molar-refractivity contribution is -0.125. The smallest absolute Gasteiger partial charge is 0.239 e. The van der Waals surface area contributed by atoms with Crippen LogP contribution in [0.3, 0.4) is 0 Å². The maximum atomic E-state index is 13.0. The van der Waals surface area contributed by atoms with Crippen molar-refractivity contribution in [2.75, 3.05) is 13.1 Å². The first-order valence-corrected chi connectivity index (χ1v) is 7.95. The molecule has 0 fully saturated rings. The fraction of sp³-hybridized carbons (Fsp3) is 0.263. The first kappa shape index (κ1) is 17.7. The molecule has 0 saturated carbocycles. The van der Waals surface area contributed by atoms with Crippen LogP contribution in [0, 0.1) is 5.82 Å². The van der Waals surface area contributed by atoms with Gasteiger partial charge in [0.15, 0.2) is 0 Å². The van der Waals surface area contributed by atoms with Crippen molar-refractivity contribution in [1.29, 1.82) is 0 Å². The zero-order chi connectivity index (χ0) is 17.2. The van der Waals surface area contributed by atoms with Crippen molar-refractivity contribution >= 4 is 11.8 Å². The summed E-state index contributed by atoms with van der Waals surface area (Å²) in [6, 6.07) is 15.9. The molecule has 2 amide bonds. The Labute approximate surface area is 141 Å². The lowest BCUT2D eigenvalue weighted by Crippen LogP contribution is -2.38. The molecule has 0 saturated heterocycles. The Kier molecular flexibility index (Phi) is 6.95. The quantitative estimate of drug-likeness (QED) is 0.730. The third kappa shape index (κ3) is 6.60. The summed E-state index contributed by atoms with van der Waals surface area (Å²) in [5.41, 5.74) is 1.81. The number of nitrogens with one attached hydrogen (secondary N) is 2. The Morgan fingerprint density at radius 3 is 2.38 bits per heavy atom. The average molecular weight is 328 g/mol. The molecule has 0 aliphatic heterocycles. The van der Waals surface area contributed by atoms with E-state index < -0.39 is 0 Å². The van der Waals surface area contributed by atoms with Crippen molar-refractivity contribution in [3.05, 3.63) is 71.5 Å². The Morgan fingerprint density at radius 2 is 1.62 bits per heavy atom. The largest absolute Gasteiger partial charge is 0.355 e. The molecular formula is C19H21FN2O2. The molecule has 2 aromatic rings. The molecule has 0 bridgehead atoms. The van der Waals surface area contributed by atoms with Gasteiger partial charge in [-0.25, -0.2) is 4.39 Å². The van der Waals surface area contributed by atoms with Gasteiger partial charge in [-0.05, 0) is 36.1 Å². The van der Waals surface area contributed by atoms with E-state index in [2.05, 4.69) is 22.8 Å². The molecule has 0 unspecified atom stereocenters. The van der Waals surface area contributed by atoms with Gasteiger partial charge in [-0.2, -0.15) is 0 Å². The summed E-state index contributed by atoms with van der Waals surface area (Å²) < 4.78 is 13.0. The van der Waals surface area contributed by atoms with Crippen molar-refractivity contribution < 1.29 is 14.0 Å². The van der Waals surface area contributed by atoms with Crippen LogP contribution >= 0.6 is 0 Å². The SMILES string of the molecule is O=C(CNC(=O)Cc1cccc(F)c1)NCCCc1ccccc1. The predicted octanol–water partition coefficient (Wildman–Crippen LogP) is 2.23. The number of benzene rings is 2. The van der Waals surface area contributed by atoms with Gasteiger partial charge in [0.25, 0.3) is 0 Å². The lowest BCUT2D eigenvalue weighted by Gasteiger charge is -2.07. The standard InChI is InChI=1S/C19H21FN2O2/c20-17-10-4-8-16(12-17)13-18(23)22-14-19(24)21-11-5-9-15-6-2-1-3-7-15/h1-4,6-8,10,12H,5,9,11,13-14H2,(H,21,24)(H,22,23). The van der Waals surface area contributed by atoms with E-state index in [0.717, 1.165) is 12.8 Å². The Hall–Kier alpha value is -2.69. The van der Waals surface area contributed by atoms with E-state index >= 15 is 0 Å². The highest BCUT2D eigenvalue weighted by atomic mass is 19.1. The minimum Gasteiger partial charge on any atom is -0.355 e. The van der Waals surface area contributed by atoms with Gasteiger partial charge in [-0.15, -0.1) is 0 Å². The molecule has 2 rings (SSSR count). The van der Waals surface area contributed by atoms with Gasteiger partial charge in [0.05, 0.1) is 13.0 Å². The second-order valence-corrected chi connectivity index (χ2v) is 5.52. The number of amides is 2. The molecule has 0 atom stereocenters. The second kappa shape index (κ2) is 9.45.